The molecule has 0 heterocycles. The van der Waals surface area contributed by atoms with Crippen molar-refractivity contribution in [2.24, 2.45) is 0 Å². The van der Waals surface area contributed by atoms with E-state index in [1.54, 1.807) is 12.1 Å². The van der Waals surface area contributed by atoms with Crippen LogP contribution in [-0.2, 0) is 0 Å². The molecule has 5 nitrogen and oxygen atoms in total. The van der Waals surface area contributed by atoms with E-state index in [0.29, 0.717) is 37.7 Å². The zero-order chi connectivity index (χ0) is 17.2. The SMILES string of the molecule is CCOc1ccc(OCCNC(=O)c2ccccc2OCC)cc1. The maximum atomic E-state index is 12.2. The molecule has 0 aliphatic rings. The summed E-state index contributed by atoms with van der Waals surface area (Å²) in [5.41, 5.74) is 0.528. The number of para-hydroxylation sites is 1. The van der Waals surface area contributed by atoms with Gasteiger partial charge in [-0.3, -0.25) is 4.79 Å². The highest BCUT2D eigenvalue weighted by Crippen LogP contribution is 2.18. The lowest BCUT2D eigenvalue weighted by atomic mass is 10.2. The van der Waals surface area contributed by atoms with E-state index in [1.165, 1.54) is 0 Å². The van der Waals surface area contributed by atoms with Crippen LogP contribution in [0.25, 0.3) is 0 Å². The van der Waals surface area contributed by atoms with Gasteiger partial charge in [0.2, 0.25) is 0 Å². The van der Waals surface area contributed by atoms with Crippen LogP contribution in [0.5, 0.6) is 17.2 Å². The second-order valence-electron chi connectivity index (χ2n) is 4.94. The molecule has 1 N–H and O–H groups in total. The van der Waals surface area contributed by atoms with Crippen molar-refractivity contribution in [3.05, 3.63) is 54.1 Å². The first kappa shape index (κ1) is 17.7. The summed E-state index contributed by atoms with van der Waals surface area (Å²) in [6.45, 7) is 5.78. The van der Waals surface area contributed by atoms with Crippen molar-refractivity contribution in [2.75, 3.05) is 26.4 Å². The molecule has 128 valence electrons. The zero-order valence-corrected chi connectivity index (χ0v) is 14.1. The minimum Gasteiger partial charge on any atom is -0.494 e. The van der Waals surface area contributed by atoms with Crippen LogP contribution < -0.4 is 19.5 Å². The molecule has 0 atom stereocenters. The highest BCUT2D eigenvalue weighted by atomic mass is 16.5. The Morgan fingerprint density at radius 2 is 1.50 bits per heavy atom. The second-order valence-corrected chi connectivity index (χ2v) is 4.94. The van der Waals surface area contributed by atoms with Crippen molar-refractivity contribution >= 4 is 5.91 Å². The summed E-state index contributed by atoms with van der Waals surface area (Å²) >= 11 is 0. The normalized spacial score (nSPS) is 10.1. The van der Waals surface area contributed by atoms with Crippen LogP contribution in [-0.4, -0.2) is 32.3 Å². The van der Waals surface area contributed by atoms with Gasteiger partial charge in [0.1, 0.15) is 23.9 Å². The lowest BCUT2D eigenvalue weighted by Crippen LogP contribution is -2.28. The largest absolute Gasteiger partial charge is 0.494 e. The first-order valence-electron chi connectivity index (χ1n) is 8.10. The third-order valence-electron chi connectivity index (χ3n) is 3.22. The topological polar surface area (TPSA) is 56.8 Å². The summed E-state index contributed by atoms with van der Waals surface area (Å²) in [7, 11) is 0. The van der Waals surface area contributed by atoms with Gasteiger partial charge >= 0.3 is 0 Å². The van der Waals surface area contributed by atoms with Gasteiger partial charge < -0.3 is 19.5 Å². The maximum absolute atomic E-state index is 12.2. The molecule has 2 aromatic rings. The number of carbonyl (C=O) groups is 1. The minimum absolute atomic E-state index is 0.172. The van der Waals surface area contributed by atoms with Gasteiger partial charge in [0.25, 0.3) is 5.91 Å². The van der Waals surface area contributed by atoms with E-state index < -0.39 is 0 Å². The standard InChI is InChI=1S/C19H23NO4/c1-3-22-15-9-11-16(12-10-15)24-14-13-20-19(21)17-7-5-6-8-18(17)23-4-2/h5-12H,3-4,13-14H2,1-2H3,(H,20,21). The van der Waals surface area contributed by atoms with Crippen LogP contribution in [0.15, 0.2) is 48.5 Å². The van der Waals surface area contributed by atoms with Gasteiger partial charge in [0.15, 0.2) is 0 Å². The van der Waals surface area contributed by atoms with Crippen LogP contribution in [0, 0.1) is 0 Å². The Morgan fingerprint density at radius 3 is 2.17 bits per heavy atom. The van der Waals surface area contributed by atoms with Crippen molar-refractivity contribution in [3.63, 3.8) is 0 Å². The van der Waals surface area contributed by atoms with Gasteiger partial charge in [0.05, 0.1) is 25.3 Å². The lowest BCUT2D eigenvalue weighted by Gasteiger charge is -2.11. The van der Waals surface area contributed by atoms with Crippen molar-refractivity contribution < 1.29 is 19.0 Å². The van der Waals surface area contributed by atoms with Crippen LogP contribution >= 0.6 is 0 Å². The Labute approximate surface area is 142 Å². The Kier molecular flexibility index (Phi) is 6.95. The van der Waals surface area contributed by atoms with E-state index in [2.05, 4.69) is 5.32 Å². The summed E-state index contributed by atoms with van der Waals surface area (Å²) in [5.74, 6) is 1.97. The summed E-state index contributed by atoms with van der Waals surface area (Å²) in [6, 6.07) is 14.6. The summed E-state index contributed by atoms with van der Waals surface area (Å²) in [4.78, 5) is 12.2. The van der Waals surface area contributed by atoms with Gasteiger partial charge in [-0.25, -0.2) is 0 Å². The molecule has 2 rings (SSSR count). The smallest absolute Gasteiger partial charge is 0.255 e. The van der Waals surface area contributed by atoms with Crippen molar-refractivity contribution in [1.29, 1.82) is 0 Å². The van der Waals surface area contributed by atoms with Gasteiger partial charge in [-0.1, -0.05) is 12.1 Å². The Bertz CT molecular complexity index is 640. The average Bonchev–Trinajstić information content (AvgIpc) is 2.61. The summed E-state index contributed by atoms with van der Waals surface area (Å²) < 4.78 is 16.4. The first-order valence-corrected chi connectivity index (χ1v) is 8.10. The molecule has 0 saturated carbocycles. The molecule has 0 radical (unpaired) electrons. The number of rotatable bonds is 9. The quantitative estimate of drug-likeness (QED) is 0.717. The van der Waals surface area contributed by atoms with Gasteiger partial charge in [-0.05, 0) is 50.2 Å². The second kappa shape index (κ2) is 9.45. The average molecular weight is 329 g/mol. The molecule has 0 aliphatic heterocycles. The van der Waals surface area contributed by atoms with Crippen LogP contribution in [0.3, 0.4) is 0 Å². The lowest BCUT2D eigenvalue weighted by molar-refractivity contribution is 0.0943. The molecule has 0 aliphatic carbocycles. The number of ether oxygens (including phenoxy) is 3. The number of benzene rings is 2. The van der Waals surface area contributed by atoms with E-state index in [-0.39, 0.29) is 5.91 Å². The zero-order valence-electron chi connectivity index (χ0n) is 14.1. The fourth-order valence-electron chi connectivity index (χ4n) is 2.16. The number of hydrogen-bond acceptors (Lipinski definition) is 4. The third kappa shape index (κ3) is 5.19. The van der Waals surface area contributed by atoms with E-state index in [1.807, 2.05) is 50.2 Å². The fraction of sp³-hybridized carbons (Fsp3) is 0.316. The summed E-state index contributed by atoms with van der Waals surface area (Å²) in [5, 5.41) is 2.83. The monoisotopic (exact) mass is 329 g/mol. The van der Waals surface area contributed by atoms with Crippen LogP contribution in [0.4, 0.5) is 0 Å². The molecule has 0 spiro atoms. The highest BCUT2D eigenvalue weighted by Gasteiger charge is 2.11. The van der Waals surface area contributed by atoms with Crippen molar-refractivity contribution in [3.8, 4) is 17.2 Å². The molecule has 24 heavy (non-hydrogen) atoms. The molecule has 5 heteroatoms. The molecule has 0 fully saturated rings. The van der Waals surface area contributed by atoms with Gasteiger partial charge in [-0.15, -0.1) is 0 Å². The minimum atomic E-state index is -0.172. The van der Waals surface area contributed by atoms with Crippen LogP contribution in [0.2, 0.25) is 0 Å². The van der Waals surface area contributed by atoms with Crippen molar-refractivity contribution in [2.45, 2.75) is 13.8 Å². The fourth-order valence-corrected chi connectivity index (χ4v) is 2.16. The maximum Gasteiger partial charge on any atom is 0.255 e. The number of hydrogen-bond donors (Lipinski definition) is 1. The first-order chi connectivity index (χ1) is 11.7. The molecule has 0 unspecified atom stereocenters. The molecule has 0 saturated heterocycles. The Balaban J connectivity index is 1.78. The molecule has 1 amide bonds. The molecule has 2 aromatic carbocycles. The van der Waals surface area contributed by atoms with Gasteiger partial charge in [0, 0.05) is 0 Å². The van der Waals surface area contributed by atoms with Crippen LogP contribution in [0.1, 0.15) is 24.2 Å². The predicted molar refractivity (Wildman–Crippen MR) is 93.1 cm³/mol. The molecule has 0 bridgehead atoms. The van der Waals surface area contributed by atoms with E-state index in [9.17, 15) is 4.79 Å². The van der Waals surface area contributed by atoms with Gasteiger partial charge in [-0.2, -0.15) is 0 Å². The molecular weight excluding hydrogens is 306 g/mol. The highest BCUT2D eigenvalue weighted by molar-refractivity contribution is 5.96. The summed E-state index contributed by atoms with van der Waals surface area (Å²) in [6.07, 6.45) is 0. The molecular formula is C19H23NO4. The van der Waals surface area contributed by atoms with E-state index >= 15 is 0 Å². The predicted octanol–water partition coefficient (Wildman–Crippen LogP) is 3.29. The van der Waals surface area contributed by atoms with E-state index in [4.69, 9.17) is 14.2 Å². The van der Waals surface area contributed by atoms with Crippen molar-refractivity contribution in [1.82, 2.24) is 5.32 Å². The number of amides is 1. The number of nitrogens with one attached hydrogen (secondary N) is 1. The Hall–Kier alpha value is -2.69. The third-order valence-corrected chi connectivity index (χ3v) is 3.22. The molecule has 0 aromatic heterocycles. The van der Waals surface area contributed by atoms with E-state index in [0.717, 1.165) is 11.5 Å². The Morgan fingerprint density at radius 1 is 0.875 bits per heavy atom. The number of carbonyl (C=O) groups excluding carboxylic acids is 1.